The molecular weight excluding hydrogens is 360 g/mol. The van der Waals surface area contributed by atoms with E-state index in [2.05, 4.69) is 39.6 Å². The maximum absolute atomic E-state index is 5.95. The van der Waals surface area contributed by atoms with Crippen LogP contribution in [0.4, 0.5) is 5.69 Å². The van der Waals surface area contributed by atoms with Crippen molar-refractivity contribution in [2.45, 2.75) is 33.0 Å². The van der Waals surface area contributed by atoms with Crippen LogP contribution in [0.25, 0.3) is 0 Å². The minimum absolute atomic E-state index is 0. The Morgan fingerprint density at radius 3 is 3.13 bits per heavy atom. The zero-order valence-electron chi connectivity index (χ0n) is 13.0. The lowest BCUT2D eigenvalue weighted by Gasteiger charge is -2.14. The predicted octanol–water partition coefficient (Wildman–Crippen LogP) is 1.88. The summed E-state index contributed by atoms with van der Waals surface area (Å²) in [5.41, 5.74) is 8.14. The van der Waals surface area contributed by atoms with Gasteiger partial charge in [0.15, 0.2) is 17.6 Å². The molecule has 0 radical (unpaired) electrons. The number of halogens is 1. The molecule has 0 fully saturated rings. The monoisotopic (exact) mass is 380 g/mol. The van der Waals surface area contributed by atoms with Gasteiger partial charge in [-0.3, -0.25) is 0 Å². The summed E-state index contributed by atoms with van der Waals surface area (Å²) >= 11 is 0. The predicted molar refractivity (Wildman–Crippen MR) is 94.8 cm³/mol. The molecule has 0 aliphatic carbocycles. The number of rotatable bonds is 4. The molecule has 3 rings (SSSR count). The third-order valence-corrected chi connectivity index (χ3v) is 3.59. The molecule has 124 valence electrons. The highest BCUT2D eigenvalue weighted by atomic mass is 79.9. The van der Waals surface area contributed by atoms with Gasteiger partial charge in [-0.25, -0.2) is 4.99 Å². The number of hydrogen-bond donors (Lipinski definition) is 2. The second-order valence-electron chi connectivity index (χ2n) is 5.12. The van der Waals surface area contributed by atoms with Crippen molar-refractivity contribution in [3.63, 3.8) is 0 Å². The molecule has 8 heteroatoms. The highest BCUT2D eigenvalue weighted by molar-refractivity contribution is 8.93. The minimum Gasteiger partial charge on any atom is -0.372 e. The fraction of sp³-hybridized carbons (Fsp3) is 0.400. The smallest absolute Gasteiger partial charge is 0.193 e. The van der Waals surface area contributed by atoms with Gasteiger partial charge >= 0.3 is 0 Å². The number of nitrogens with one attached hydrogen (secondary N) is 1. The molecule has 1 aliphatic heterocycles. The van der Waals surface area contributed by atoms with Crippen LogP contribution < -0.4 is 11.1 Å². The average Bonchev–Trinajstić information content (AvgIpc) is 2.96. The van der Waals surface area contributed by atoms with E-state index in [0.717, 1.165) is 30.3 Å². The number of guanidine groups is 1. The topological polar surface area (TPSA) is 90.4 Å². The van der Waals surface area contributed by atoms with E-state index < -0.39 is 0 Å². The number of aromatic nitrogens is 3. The standard InChI is InChI=1S/C15H20N6O.BrH/c1-2-11-4-3-5-12(8-11)18-15(16)17-9-13-19-20-14-10-22-7-6-21(13)14;/h3-5,8H,2,6-7,9-10H2,1H3,(H3,16,17,18);1H. The van der Waals surface area contributed by atoms with Crippen LogP contribution in [-0.2, 0) is 30.9 Å². The maximum Gasteiger partial charge on any atom is 0.193 e. The first-order valence-electron chi connectivity index (χ1n) is 7.41. The van der Waals surface area contributed by atoms with Crippen molar-refractivity contribution in [2.24, 2.45) is 10.7 Å². The highest BCUT2D eigenvalue weighted by Gasteiger charge is 2.15. The fourth-order valence-corrected chi connectivity index (χ4v) is 2.39. The molecule has 0 amide bonds. The summed E-state index contributed by atoms with van der Waals surface area (Å²) in [6.45, 7) is 4.47. The van der Waals surface area contributed by atoms with Gasteiger partial charge < -0.3 is 20.4 Å². The number of nitrogens with two attached hydrogens (primary N) is 1. The van der Waals surface area contributed by atoms with Crippen molar-refractivity contribution < 1.29 is 4.74 Å². The van der Waals surface area contributed by atoms with Crippen LogP contribution in [0.1, 0.15) is 24.1 Å². The summed E-state index contributed by atoms with van der Waals surface area (Å²) in [4.78, 5) is 4.34. The molecule has 1 aliphatic rings. The zero-order chi connectivity index (χ0) is 15.4. The third-order valence-electron chi connectivity index (χ3n) is 3.59. The lowest BCUT2D eigenvalue weighted by atomic mass is 10.1. The molecule has 0 unspecified atom stereocenters. The Morgan fingerprint density at radius 1 is 1.43 bits per heavy atom. The van der Waals surface area contributed by atoms with Gasteiger partial charge in [0.05, 0.1) is 6.61 Å². The second kappa shape index (κ2) is 8.07. The Hall–Kier alpha value is -1.93. The molecule has 0 spiro atoms. The molecule has 1 aromatic heterocycles. The lowest BCUT2D eigenvalue weighted by molar-refractivity contribution is 0.0806. The van der Waals surface area contributed by atoms with E-state index >= 15 is 0 Å². The van der Waals surface area contributed by atoms with E-state index in [1.54, 1.807) is 0 Å². The van der Waals surface area contributed by atoms with Crippen molar-refractivity contribution in [1.29, 1.82) is 0 Å². The van der Waals surface area contributed by atoms with Gasteiger partial charge in [0.2, 0.25) is 0 Å². The summed E-state index contributed by atoms with van der Waals surface area (Å²) in [6.07, 6.45) is 0.987. The SMILES string of the molecule is Br.CCc1cccc(NC(N)=NCc2nnc3n2CCOC3)c1. The molecule has 7 nitrogen and oxygen atoms in total. The summed E-state index contributed by atoms with van der Waals surface area (Å²) in [5.74, 6) is 2.03. The second-order valence-corrected chi connectivity index (χ2v) is 5.12. The van der Waals surface area contributed by atoms with Crippen LogP contribution in [0, 0.1) is 0 Å². The molecular formula is C15H21BrN6O. The van der Waals surface area contributed by atoms with E-state index in [4.69, 9.17) is 10.5 Å². The van der Waals surface area contributed by atoms with Crippen LogP contribution in [-0.4, -0.2) is 27.3 Å². The van der Waals surface area contributed by atoms with Gasteiger partial charge in [0.25, 0.3) is 0 Å². The largest absolute Gasteiger partial charge is 0.372 e. The molecule has 2 aromatic rings. The number of nitrogens with zero attached hydrogens (tertiary/aromatic N) is 4. The summed E-state index contributed by atoms with van der Waals surface area (Å²) in [5, 5.41) is 11.4. The van der Waals surface area contributed by atoms with Crippen LogP contribution in [0.3, 0.4) is 0 Å². The van der Waals surface area contributed by atoms with Gasteiger partial charge in [-0.1, -0.05) is 19.1 Å². The molecule has 23 heavy (non-hydrogen) atoms. The number of fused-ring (bicyclic) bond motifs is 1. The van der Waals surface area contributed by atoms with E-state index in [9.17, 15) is 0 Å². The van der Waals surface area contributed by atoms with Crippen molar-refractivity contribution in [2.75, 3.05) is 11.9 Å². The summed E-state index contributed by atoms with van der Waals surface area (Å²) in [6, 6.07) is 8.13. The Labute approximate surface area is 145 Å². The van der Waals surface area contributed by atoms with Crippen molar-refractivity contribution in [1.82, 2.24) is 14.8 Å². The zero-order valence-corrected chi connectivity index (χ0v) is 14.7. The third kappa shape index (κ3) is 4.29. The van der Waals surface area contributed by atoms with Gasteiger partial charge in [-0.15, -0.1) is 27.2 Å². The van der Waals surface area contributed by atoms with Crippen LogP contribution in [0.2, 0.25) is 0 Å². The number of anilines is 1. The Balaban J connectivity index is 0.00000192. The average molecular weight is 381 g/mol. The minimum atomic E-state index is 0. The quantitative estimate of drug-likeness (QED) is 0.624. The molecule has 3 N–H and O–H groups in total. The van der Waals surface area contributed by atoms with Gasteiger partial charge in [0, 0.05) is 12.2 Å². The van der Waals surface area contributed by atoms with E-state index in [1.165, 1.54) is 5.56 Å². The van der Waals surface area contributed by atoms with Gasteiger partial charge in [0.1, 0.15) is 13.2 Å². The molecule has 0 atom stereocenters. The van der Waals surface area contributed by atoms with Crippen molar-refractivity contribution in [3.05, 3.63) is 41.5 Å². The first-order valence-corrected chi connectivity index (χ1v) is 7.41. The van der Waals surface area contributed by atoms with Crippen LogP contribution in [0.15, 0.2) is 29.3 Å². The number of aryl methyl sites for hydroxylation is 1. The first-order chi connectivity index (χ1) is 10.8. The number of benzene rings is 1. The molecule has 2 heterocycles. The normalized spacial score (nSPS) is 14.0. The molecule has 0 saturated heterocycles. The van der Waals surface area contributed by atoms with E-state index in [-0.39, 0.29) is 17.0 Å². The Morgan fingerprint density at radius 2 is 2.30 bits per heavy atom. The highest BCUT2D eigenvalue weighted by Crippen LogP contribution is 2.12. The maximum atomic E-state index is 5.95. The van der Waals surface area contributed by atoms with Crippen molar-refractivity contribution >= 4 is 28.6 Å². The van der Waals surface area contributed by atoms with Gasteiger partial charge in [-0.2, -0.15) is 0 Å². The Bertz CT molecular complexity index is 684. The lowest BCUT2D eigenvalue weighted by Crippen LogP contribution is -2.23. The van der Waals surface area contributed by atoms with E-state index in [1.807, 2.05) is 16.7 Å². The number of hydrogen-bond acceptors (Lipinski definition) is 4. The Kier molecular flexibility index (Phi) is 6.12. The summed E-state index contributed by atoms with van der Waals surface area (Å²) in [7, 11) is 0. The number of aliphatic imine (C=N–C) groups is 1. The fourth-order valence-electron chi connectivity index (χ4n) is 2.39. The molecule has 0 bridgehead atoms. The van der Waals surface area contributed by atoms with Gasteiger partial charge in [-0.05, 0) is 24.1 Å². The number of ether oxygens (including phenoxy) is 1. The van der Waals surface area contributed by atoms with Crippen LogP contribution >= 0.6 is 17.0 Å². The molecule has 1 aromatic carbocycles. The first kappa shape index (κ1) is 17.4. The van der Waals surface area contributed by atoms with Crippen LogP contribution in [0.5, 0.6) is 0 Å². The van der Waals surface area contributed by atoms with E-state index in [0.29, 0.717) is 25.7 Å². The summed E-state index contributed by atoms with van der Waals surface area (Å²) < 4.78 is 7.38. The molecule has 0 saturated carbocycles. The van der Waals surface area contributed by atoms with Crippen molar-refractivity contribution in [3.8, 4) is 0 Å².